The van der Waals surface area contributed by atoms with Crippen LogP contribution in [-0.2, 0) is 4.79 Å². The van der Waals surface area contributed by atoms with Crippen molar-refractivity contribution in [1.29, 1.82) is 0 Å². The van der Waals surface area contributed by atoms with Crippen molar-refractivity contribution in [2.45, 2.75) is 13.8 Å². The summed E-state index contributed by atoms with van der Waals surface area (Å²) in [7, 11) is 0. The van der Waals surface area contributed by atoms with Crippen LogP contribution in [-0.4, -0.2) is 21.7 Å². The zero-order chi connectivity index (χ0) is 20.4. The molecule has 5 heteroatoms. The number of amides is 1. The third-order valence-electron chi connectivity index (χ3n) is 4.71. The summed E-state index contributed by atoms with van der Waals surface area (Å²) >= 11 is 0. The summed E-state index contributed by atoms with van der Waals surface area (Å²) in [5, 5.41) is 2.90. The number of rotatable bonds is 5. The Kier molecular flexibility index (Phi) is 4.96. The molecule has 2 N–H and O–H groups in total. The second kappa shape index (κ2) is 7.72. The number of aromatic nitrogens is 2. The summed E-state index contributed by atoms with van der Waals surface area (Å²) in [6, 6.07) is 22.2. The first-order valence-electron chi connectivity index (χ1n) is 9.52. The number of carbonyl (C=O) groups is 2. The van der Waals surface area contributed by atoms with Crippen LogP contribution in [0, 0.1) is 5.92 Å². The van der Waals surface area contributed by atoms with Gasteiger partial charge >= 0.3 is 0 Å². The highest BCUT2D eigenvalue weighted by Crippen LogP contribution is 2.24. The second-order valence-electron chi connectivity index (χ2n) is 7.24. The van der Waals surface area contributed by atoms with E-state index in [2.05, 4.69) is 15.3 Å². The predicted molar refractivity (Wildman–Crippen MR) is 115 cm³/mol. The molecular formula is C24H21N3O2. The van der Waals surface area contributed by atoms with E-state index in [-0.39, 0.29) is 17.6 Å². The lowest BCUT2D eigenvalue weighted by atomic mass is 10.0. The van der Waals surface area contributed by atoms with Gasteiger partial charge in [0.05, 0.1) is 11.0 Å². The standard InChI is InChI=1S/C24H21N3O2/c1-15(2)24(29)25-19-10-6-9-18(13-19)23-26-20-12-11-17(14-21(20)27-23)22(28)16-7-4-3-5-8-16/h3-15H,1-2H3,(H,25,29)(H,26,27). The largest absolute Gasteiger partial charge is 0.338 e. The molecule has 0 aliphatic rings. The molecule has 5 nitrogen and oxygen atoms in total. The number of carbonyl (C=O) groups excluding carboxylic acids is 2. The van der Waals surface area contributed by atoms with Gasteiger partial charge in [0.2, 0.25) is 5.91 Å². The Morgan fingerprint density at radius 1 is 0.897 bits per heavy atom. The molecule has 4 aromatic rings. The Balaban J connectivity index is 1.65. The molecule has 3 aromatic carbocycles. The maximum absolute atomic E-state index is 12.7. The van der Waals surface area contributed by atoms with Crippen LogP contribution in [0.1, 0.15) is 29.8 Å². The lowest BCUT2D eigenvalue weighted by Gasteiger charge is -2.08. The maximum Gasteiger partial charge on any atom is 0.226 e. The zero-order valence-corrected chi connectivity index (χ0v) is 16.3. The smallest absolute Gasteiger partial charge is 0.226 e. The highest BCUT2D eigenvalue weighted by molar-refractivity contribution is 6.10. The Morgan fingerprint density at radius 3 is 2.45 bits per heavy atom. The van der Waals surface area contributed by atoms with E-state index in [4.69, 9.17) is 0 Å². The summed E-state index contributed by atoms with van der Waals surface area (Å²) < 4.78 is 0. The lowest BCUT2D eigenvalue weighted by molar-refractivity contribution is -0.118. The van der Waals surface area contributed by atoms with Crippen molar-refractivity contribution in [3.8, 4) is 11.4 Å². The molecule has 0 saturated heterocycles. The molecule has 4 rings (SSSR count). The Morgan fingerprint density at radius 2 is 1.69 bits per heavy atom. The van der Waals surface area contributed by atoms with Crippen molar-refractivity contribution in [2.24, 2.45) is 5.92 Å². The van der Waals surface area contributed by atoms with Gasteiger partial charge in [-0.25, -0.2) is 4.98 Å². The number of nitrogens with one attached hydrogen (secondary N) is 2. The fourth-order valence-corrected chi connectivity index (χ4v) is 3.07. The van der Waals surface area contributed by atoms with Crippen molar-refractivity contribution in [1.82, 2.24) is 9.97 Å². The van der Waals surface area contributed by atoms with E-state index in [1.807, 2.05) is 80.6 Å². The monoisotopic (exact) mass is 383 g/mol. The first-order chi connectivity index (χ1) is 14.0. The second-order valence-corrected chi connectivity index (χ2v) is 7.24. The van der Waals surface area contributed by atoms with Gasteiger partial charge in [-0.15, -0.1) is 0 Å². The molecule has 1 heterocycles. The molecule has 0 fully saturated rings. The normalized spacial score (nSPS) is 11.0. The topological polar surface area (TPSA) is 74.8 Å². The number of nitrogens with zero attached hydrogens (tertiary/aromatic N) is 1. The Bertz CT molecular complexity index is 1190. The maximum atomic E-state index is 12.7. The van der Waals surface area contributed by atoms with Crippen LogP contribution >= 0.6 is 0 Å². The van der Waals surface area contributed by atoms with Gasteiger partial charge in [0.15, 0.2) is 5.78 Å². The van der Waals surface area contributed by atoms with Crippen LogP contribution in [0.15, 0.2) is 72.8 Å². The van der Waals surface area contributed by atoms with Crippen LogP contribution < -0.4 is 5.32 Å². The van der Waals surface area contributed by atoms with Crippen molar-refractivity contribution in [3.05, 3.63) is 83.9 Å². The van der Waals surface area contributed by atoms with E-state index in [1.54, 1.807) is 6.07 Å². The molecule has 0 unspecified atom stereocenters. The third-order valence-corrected chi connectivity index (χ3v) is 4.71. The van der Waals surface area contributed by atoms with Gasteiger partial charge in [0.1, 0.15) is 5.82 Å². The van der Waals surface area contributed by atoms with E-state index in [0.29, 0.717) is 17.0 Å². The van der Waals surface area contributed by atoms with E-state index < -0.39 is 0 Å². The van der Waals surface area contributed by atoms with Crippen LogP contribution in [0.3, 0.4) is 0 Å². The number of aromatic amines is 1. The number of hydrogen-bond acceptors (Lipinski definition) is 3. The molecule has 0 atom stereocenters. The van der Waals surface area contributed by atoms with Gasteiger partial charge in [0, 0.05) is 28.3 Å². The number of benzene rings is 3. The molecule has 0 radical (unpaired) electrons. The van der Waals surface area contributed by atoms with Crippen molar-refractivity contribution in [2.75, 3.05) is 5.32 Å². The Hall–Kier alpha value is -3.73. The van der Waals surface area contributed by atoms with Crippen molar-refractivity contribution < 1.29 is 9.59 Å². The number of imidazole rings is 1. The van der Waals surface area contributed by atoms with E-state index in [9.17, 15) is 9.59 Å². The first kappa shape index (κ1) is 18.6. The van der Waals surface area contributed by atoms with E-state index >= 15 is 0 Å². The summed E-state index contributed by atoms with van der Waals surface area (Å²) in [6.07, 6.45) is 0. The highest BCUT2D eigenvalue weighted by Gasteiger charge is 2.13. The molecule has 0 spiro atoms. The minimum Gasteiger partial charge on any atom is -0.338 e. The Labute approximate surface area is 168 Å². The summed E-state index contributed by atoms with van der Waals surface area (Å²) in [6.45, 7) is 3.71. The van der Waals surface area contributed by atoms with Crippen molar-refractivity contribution in [3.63, 3.8) is 0 Å². The average molecular weight is 383 g/mol. The third kappa shape index (κ3) is 3.94. The summed E-state index contributed by atoms with van der Waals surface area (Å²) in [5.74, 6) is 0.535. The van der Waals surface area contributed by atoms with Gasteiger partial charge in [-0.05, 0) is 30.3 Å². The summed E-state index contributed by atoms with van der Waals surface area (Å²) in [5.41, 5.74) is 4.41. The minimum atomic E-state index is -0.0922. The molecular weight excluding hydrogens is 362 g/mol. The molecule has 1 aromatic heterocycles. The van der Waals surface area contributed by atoms with Crippen LogP contribution in [0.2, 0.25) is 0 Å². The number of fused-ring (bicyclic) bond motifs is 1. The highest BCUT2D eigenvalue weighted by atomic mass is 16.1. The molecule has 1 amide bonds. The van der Waals surface area contributed by atoms with Crippen LogP contribution in [0.4, 0.5) is 5.69 Å². The molecule has 144 valence electrons. The van der Waals surface area contributed by atoms with Gasteiger partial charge in [-0.3, -0.25) is 9.59 Å². The van der Waals surface area contributed by atoms with Gasteiger partial charge in [0.25, 0.3) is 0 Å². The van der Waals surface area contributed by atoms with Gasteiger partial charge in [-0.1, -0.05) is 56.3 Å². The molecule has 29 heavy (non-hydrogen) atoms. The number of ketones is 1. The zero-order valence-electron chi connectivity index (χ0n) is 16.3. The lowest BCUT2D eigenvalue weighted by Crippen LogP contribution is -2.17. The van der Waals surface area contributed by atoms with Crippen molar-refractivity contribution >= 4 is 28.4 Å². The fraction of sp³-hybridized carbons (Fsp3) is 0.125. The number of anilines is 1. The predicted octanol–water partition coefficient (Wildman–Crippen LogP) is 5.06. The van der Waals surface area contributed by atoms with Gasteiger partial charge in [-0.2, -0.15) is 0 Å². The fourth-order valence-electron chi connectivity index (χ4n) is 3.07. The molecule has 0 aliphatic heterocycles. The molecule has 0 aliphatic carbocycles. The average Bonchev–Trinajstić information content (AvgIpc) is 3.17. The van der Waals surface area contributed by atoms with Gasteiger partial charge < -0.3 is 10.3 Å². The SMILES string of the molecule is CC(C)C(=O)Nc1cccc(-c2nc3ccc(C(=O)c4ccccc4)cc3[nH]2)c1. The van der Waals surface area contributed by atoms with Crippen LogP contribution in [0.5, 0.6) is 0 Å². The molecule has 0 saturated carbocycles. The molecule has 0 bridgehead atoms. The van der Waals surface area contributed by atoms with Crippen LogP contribution in [0.25, 0.3) is 22.4 Å². The number of hydrogen-bond donors (Lipinski definition) is 2. The number of H-pyrrole nitrogens is 1. The quantitative estimate of drug-likeness (QED) is 0.473. The minimum absolute atomic E-state index is 0.0259. The van der Waals surface area contributed by atoms with E-state index in [1.165, 1.54) is 0 Å². The summed E-state index contributed by atoms with van der Waals surface area (Å²) in [4.78, 5) is 32.6. The first-order valence-corrected chi connectivity index (χ1v) is 9.52. The van der Waals surface area contributed by atoms with E-state index in [0.717, 1.165) is 22.3 Å².